The molecule has 0 N–H and O–H groups in total. The van der Waals surface area contributed by atoms with Gasteiger partial charge < -0.3 is 38.0 Å². The minimum Gasteiger partial charge on any atom is -1.00 e. The molecular weight excluding hydrogens is 346 g/mol. The van der Waals surface area contributed by atoms with Gasteiger partial charge in [-0.15, -0.1) is 0 Å². The largest absolute Gasteiger partial charge is 2.00 e. The van der Waals surface area contributed by atoms with Crippen molar-refractivity contribution in [3.05, 3.63) is 59.7 Å². The van der Waals surface area contributed by atoms with Gasteiger partial charge in [-0.1, -0.05) is 59.7 Å². The van der Waals surface area contributed by atoms with Crippen molar-refractivity contribution >= 4 is 42.2 Å². The second-order valence-electron chi connectivity index (χ2n) is 3.68. The molecule has 0 atom stereocenters. The van der Waals surface area contributed by atoms with E-state index >= 15 is 0 Å². The van der Waals surface area contributed by atoms with Gasteiger partial charge in [0.25, 0.3) is 0 Å². The topological polar surface area (TPSA) is 0 Å². The van der Waals surface area contributed by atoms with Crippen LogP contribution in [-0.2, 0) is 0 Å². The average Bonchev–Trinajstić information content (AvgIpc) is 2.24. The second kappa shape index (κ2) is 12.7. The van der Waals surface area contributed by atoms with Crippen LogP contribution >= 0.6 is 8.58 Å². The van der Waals surface area contributed by atoms with Crippen molar-refractivity contribution in [3.63, 3.8) is 0 Å². The number of rotatable bonds is 2. The summed E-state index contributed by atoms with van der Waals surface area (Å²) in [5, 5.41) is 2.79. The van der Waals surface area contributed by atoms with E-state index in [0.29, 0.717) is 0 Å². The molecule has 0 aromatic heterocycles. The molecular formula is C14H14BrClLiMgP. The summed E-state index contributed by atoms with van der Waals surface area (Å²) in [6.45, 7) is 4.33. The summed E-state index contributed by atoms with van der Waals surface area (Å²) in [4.78, 5) is 0. The normalized spacial score (nSPS) is 8.11. The first-order valence-electron chi connectivity index (χ1n) is 5.10. The molecule has 2 aromatic carbocycles. The third kappa shape index (κ3) is 7.53. The van der Waals surface area contributed by atoms with Crippen LogP contribution in [-0.4, -0.2) is 23.1 Å². The Morgan fingerprint density at radius 1 is 0.737 bits per heavy atom. The van der Waals surface area contributed by atoms with Crippen LogP contribution in [0.1, 0.15) is 11.1 Å². The van der Waals surface area contributed by atoms with E-state index in [-0.39, 0.29) is 71.3 Å². The molecule has 0 saturated carbocycles. The summed E-state index contributed by atoms with van der Waals surface area (Å²) in [6, 6.07) is 17.1. The summed E-state index contributed by atoms with van der Waals surface area (Å²) in [5.41, 5.74) is 2.73. The average molecular weight is 360 g/mol. The quantitative estimate of drug-likeness (QED) is 0.370. The van der Waals surface area contributed by atoms with Gasteiger partial charge in [0.1, 0.15) is 0 Å². The summed E-state index contributed by atoms with van der Waals surface area (Å²) >= 11 is 0. The SMILES string of the molecule is Cc1ccccc1[P-]c1ccccc1C.[Br-].[Cl-].[Li+].[Mg+2]. The Bertz CT molecular complexity index is 439. The zero-order valence-corrected chi connectivity index (χ0v) is 16.2. The molecule has 0 spiro atoms. The number of hydrogen-bond acceptors (Lipinski definition) is 0. The predicted octanol–water partition coefficient (Wildman–Crippen LogP) is -6.17. The van der Waals surface area contributed by atoms with Gasteiger partial charge >= 0.3 is 41.9 Å². The Morgan fingerprint density at radius 2 is 1.05 bits per heavy atom. The fourth-order valence-electron chi connectivity index (χ4n) is 1.51. The maximum Gasteiger partial charge on any atom is 2.00 e. The Balaban J connectivity index is -0.000000640. The smallest absolute Gasteiger partial charge is 1.00 e. The van der Waals surface area contributed by atoms with Gasteiger partial charge in [-0.05, 0) is 13.8 Å². The molecule has 0 amide bonds. The van der Waals surface area contributed by atoms with Gasteiger partial charge in [0.15, 0.2) is 0 Å². The summed E-state index contributed by atoms with van der Waals surface area (Å²) in [6.07, 6.45) is 0. The monoisotopic (exact) mass is 358 g/mol. The van der Waals surface area contributed by atoms with Gasteiger partial charge in [0.05, 0.1) is 0 Å². The molecule has 0 unspecified atom stereocenters. The van der Waals surface area contributed by atoms with E-state index in [1.807, 2.05) is 0 Å². The molecule has 2 rings (SSSR count). The number of aryl methyl sites for hydroxylation is 2. The maximum atomic E-state index is 2.20. The molecule has 0 aliphatic heterocycles. The number of hydrogen-bond donors (Lipinski definition) is 0. The van der Waals surface area contributed by atoms with Crippen LogP contribution in [0.15, 0.2) is 48.5 Å². The Morgan fingerprint density at radius 3 is 1.37 bits per heavy atom. The van der Waals surface area contributed by atoms with Crippen LogP contribution in [0.5, 0.6) is 0 Å². The van der Waals surface area contributed by atoms with E-state index in [1.54, 1.807) is 0 Å². The van der Waals surface area contributed by atoms with Crippen molar-refractivity contribution in [3.8, 4) is 0 Å². The van der Waals surface area contributed by atoms with Gasteiger partial charge in [-0.25, -0.2) is 0 Å². The zero-order valence-electron chi connectivity index (χ0n) is 11.5. The Kier molecular flexibility index (Phi) is 16.7. The van der Waals surface area contributed by atoms with E-state index < -0.39 is 0 Å². The standard InChI is InChI=1S/C14H14P.BrH.ClH.Li.Mg/c1-11-7-3-5-9-13(11)15-14-10-6-4-8-12(14)2;;;;/h3-10H,1-2H3;2*1H;;/q-1;;;+1;+2/p-2. The molecule has 19 heavy (non-hydrogen) atoms. The fourth-order valence-corrected chi connectivity index (χ4v) is 2.59. The van der Waals surface area contributed by atoms with Crippen LogP contribution < -0.4 is 58.9 Å². The van der Waals surface area contributed by atoms with E-state index in [9.17, 15) is 0 Å². The Labute approximate surface area is 162 Å². The third-order valence-corrected chi connectivity index (χ3v) is 3.96. The van der Waals surface area contributed by atoms with Gasteiger partial charge in [0.2, 0.25) is 0 Å². The molecule has 0 nitrogen and oxygen atoms in total. The molecule has 0 aliphatic carbocycles. The van der Waals surface area contributed by atoms with Crippen molar-refractivity contribution in [1.82, 2.24) is 0 Å². The van der Waals surface area contributed by atoms with Gasteiger partial charge in [0, 0.05) is 0 Å². The van der Waals surface area contributed by atoms with E-state index in [1.165, 1.54) is 30.3 Å². The number of benzene rings is 2. The molecule has 0 radical (unpaired) electrons. The van der Waals surface area contributed by atoms with Crippen molar-refractivity contribution in [2.45, 2.75) is 13.8 Å². The van der Waals surface area contributed by atoms with Crippen molar-refractivity contribution < 1.29 is 48.2 Å². The zero-order chi connectivity index (χ0) is 10.7. The van der Waals surface area contributed by atoms with E-state index in [4.69, 9.17) is 0 Å². The molecule has 0 saturated heterocycles. The molecule has 0 fully saturated rings. The van der Waals surface area contributed by atoms with Crippen molar-refractivity contribution in [2.75, 3.05) is 0 Å². The van der Waals surface area contributed by atoms with Crippen LogP contribution in [0.4, 0.5) is 0 Å². The van der Waals surface area contributed by atoms with Gasteiger partial charge in [-0.2, -0.15) is 10.6 Å². The maximum absolute atomic E-state index is 2.20. The molecule has 92 valence electrons. The molecule has 2 aromatic rings. The number of halogens is 2. The van der Waals surface area contributed by atoms with E-state index in [2.05, 4.69) is 62.4 Å². The van der Waals surface area contributed by atoms with Crippen molar-refractivity contribution in [1.29, 1.82) is 0 Å². The first-order chi connectivity index (χ1) is 7.27. The fraction of sp³-hybridized carbons (Fsp3) is 0.143. The first-order valence-corrected chi connectivity index (χ1v) is 6.00. The molecule has 0 aliphatic rings. The summed E-state index contributed by atoms with van der Waals surface area (Å²) in [7, 11) is 1.31. The Hall–Kier alpha value is 1.00. The van der Waals surface area contributed by atoms with Crippen LogP contribution in [0, 0.1) is 13.8 Å². The molecule has 0 bridgehead atoms. The third-order valence-electron chi connectivity index (χ3n) is 2.47. The predicted molar refractivity (Wildman–Crippen MR) is 74.3 cm³/mol. The van der Waals surface area contributed by atoms with Gasteiger partial charge in [-0.3, -0.25) is 0 Å². The van der Waals surface area contributed by atoms with E-state index in [0.717, 1.165) is 0 Å². The second-order valence-corrected chi connectivity index (χ2v) is 4.87. The van der Waals surface area contributed by atoms with Crippen LogP contribution in [0.2, 0.25) is 0 Å². The van der Waals surface area contributed by atoms with Crippen molar-refractivity contribution in [2.24, 2.45) is 0 Å². The minimum atomic E-state index is 0. The molecule has 0 heterocycles. The van der Waals surface area contributed by atoms with Crippen LogP contribution in [0.3, 0.4) is 0 Å². The minimum absolute atomic E-state index is 0. The molecule has 5 heteroatoms. The summed E-state index contributed by atoms with van der Waals surface area (Å²) in [5.74, 6) is 0. The van der Waals surface area contributed by atoms with Crippen LogP contribution in [0.25, 0.3) is 0 Å². The summed E-state index contributed by atoms with van der Waals surface area (Å²) < 4.78 is 0. The first kappa shape index (κ1) is 25.0.